The molecule has 2 aromatic rings. The van der Waals surface area contributed by atoms with Crippen molar-refractivity contribution in [3.05, 3.63) is 59.9 Å². The number of halogens is 1. The normalized spacial score (nSPS) is 13.8. The first-order valence-corrected chi connectivity index (χ1v) is 11.9. The van der Waals surface area contributed by atoms with Gasteiger partial charge in [0.25, 0.3) is 0 Å². The monoisotopic (exact) mass is 433 g/mol. The van der Waals surface area contributed by atoms with Gasteiger partial charge in [-0.25, -0.2) is 4.39 Å². The maximum atomic E-state index is 13.1. The summed E-state index contributed by atoms with van der Waals surface area (Å²) in [5.41, 5.74) is 0.815. The Morgan fingerprint density at radius 2 is 1.83 bits per heavy atom. The van der Waals surface area contributed by atoms with E-state index in [0.717, 1.165) is 56.2 Å². The van der Waals surface area contributed by atoms with Gasteiger partial charge in [0, 0.05) is 19.0 Å². The summed E-state index contributed by atoms with van der Waals surface area (Å²) < 4.78 is 43.2. The molecule has 0 aliphatic heterocycles. The van der Waals surface area contributed by atoms with Crippen LogP contribution in [0.3, 0.4) is 0 Å². The first-order valence-electron chi connectivity index (χ1n) is 10.5. The molecule has 7 heteroatoms. The topological polar surface area (TPSA) is 63.7 Å². The summed E-state index contributed by atoms with van der Waals surface area (Å²) >= 11 is 0. The van der Waals surface area contributed by atoms with Crippen molar-refractivity contribution in [2.45, 2.75) is 69.4 Å². The highest BCUT2D eigenvalue weighted by atomic mass is 32.2. The van der Waals surface area contributed by atoms with E-state index < -0.39 is 15.9 Å². The van der Waals surface area contributed by atoms with Crippen LogP contribution in [0.25, 0.3) is 0 Å². The van der Waals surface area contributed by atoms with Crippen LogP contribution in [-0.2, 0) is 21.5 Å². The summed E-state index contributed by atoms with van der Waals surface area (Å²) in [5.74, 6) is -0.197. The Morgan fingerprint density at radius 3 is 2.50 bits per heavy atom. The molecule has 1 aliphatic carbocycles. The second-order valence-electron chi connectivity index (χ2n) is 7.70. The van der Waals surface area contributed by atoms with Crippen molar-refractivity contribution in [3.63, 3.8) is 0 Å². The number of nitrogens with zero attached hydrogens (tertiary/aromatic N) is 1. The Kier molecular flexibility index (Phi) is 7.48. The second kappa shape index (κ2) is 10.1. The van der Waals surface area contributed by atoms with Crippen molar-refractivity contribution in [2.24, 2.45) is 0 Å². The zero-order valence-electron chi connectivity index (χ0n) is 17.2. The lowest BCUT2D eigenvalue weighted by Gasteiger charge is -2.23. The van der Waals surface area contributed by atoms with Crippen LogP contribution < -0.4 is 4.18 Å². The van der Waals surface area contributed by atoms with Crippen molar-refractivity contribution in [2.75, 3.05) is 0 Å². The maximum absolute atomic E-state index is 13.1. The van der Waals surface area contributed by atoms with Crippen LogP contribution in [0.15, 0.2) is 53.4 Å². The van der Waals surface area contributed by atoms with E-state index in [1.807, 2.05) is 11.0 Å². The number of rotatable bonds is 11. The van der Waals surface area contributed by atoms with E-state index in [-0.39, 0.29) is 22.6 Å². The minimum absolute atomic E-state index is 0.115. The molecule has 3 rings (SSSR count). The third-order valence-corrected chi connectivity index (χ3v) is 6.37. The van der Waals surface area contributed by atoms with Gasteiger partial charge < -0.3 is 9.08 Å². The quantitative estimate of drug-likeness (QED) is 0.367. The van der Waals surface area contributed by atoms with Crippen molar-refractivity contribution >= 4 is 16.0 Å². The van der Waals surface area contributed by atoms with Gasteiger partial charge in [-0.05, 0) is 61.2 Å². The molecule has 0 spiro atoms. The molecule has 162 valence electrons. The van der Waals surface area contributed by atoms with Gasteiger partial charge in [-0.3, -0.25) is 4.79 Å². The van der Waals surface area contributed by atoms with Crippen molar-refractivity contribution in [1.29, 1.82) is 0 Å². The number of hydrogen-bond donors (Lipinski definition) is 0. The lowest BCUT2D eigenvalue weighted by molar-refractivity contribution is -0.132. The van der Waals surface area contributed by atoms with Gasteiger partial charge in [-0.15, -0.1) is 0 Å². The summed E-state index contributed by atoms with van der Waals surface area (Å²) in [7, 11) is -4.06. The summed E-state index contributed by atoms with van der Waals surface area (Å²) in [6, 6.07) is 11.5. The Bertz CT molecular complexity index is 955. The summed E-state index contributed by atoms with van der Waals surface area (Å²) in [4.78, 5) is 14.5. The van der Waals surface area contributed by atoms with Gasteiger partial charge in [-0.2, -0.15) is 8.42 Å². The van der Waals surface area contributed by atoms with Gasteiger partial charge in [0.05, 0.1) is 0 Å². The van der Waals surface area contributed by atoms with Crippen LogP contribution in [0.2, 0.25) is 0 Å². The first kappa shape index (κ1) is 22.3. The summed E-state index contributed by atoms with van der Waals surface area (Å²) in [5, 5.41) is 0. The largest absolute Gasteiger partial charge is 0.379 e. The van der Waals surface area contributed by atoms with Gasteiger partial charge in [0.2, 0.25) is 5.91 Å². The molecule has 0 radical (unpaired) electrons. The van der Waals surface area contributed by atoms with Crippen LogP contribution in [0.4, 0.5) is 4.39 Å². The Labute approximate surface area is 178 Å². The standard InChI is InChI=1S/C23H28FNO4S/c1-2-3-4-5-9-23(26)25(20-12-13-20)17-18-7-6-8-21(16-18)29-30(27,28)22-14-10-19(24)11-15-22/h6-8,10-11,14-16,20H,2-5,9,12-13,17H2,1H3. The second-order valence-corrected chi connectivity index (χ2v) is 9.25. The van der Waals surface area contributed by atoms with E-state index in [4.69, 9.17) is 4.18 Å². The number of unbranched alkanes of at least 4 members (excludes halogenated alkanes) is 3. The van der Waals surface area contributed by atoms with Crippen LogP contribution in [-0.4, -0.2) is 25.3 Å². The third-order valence-electron chi connectivity index (χ3n) is 5.11. The molecular weight excluding hydrogens is 405 g/mol. The smallest absolute Gasteiger partial charge is 0.339 e. The zero-order chi connectivity index (χ0) is 21.6. The minimum atomic E-state index is -4.06. The summed E-state index contributed by atoms with van der Waals surface area (Å²) in [6.45, 7) is 2.58. The Balaban J connectivity index is 1.66. The number of carbonyl (C=O) groups is 1. The van der Waals surface area contributed by atoms with Gasteiger partial charge in [-0.1, -0.05) is 38.3 Å². The maximum Gasteiger partial charge on any atom is 0.339 e. The average Bonchev–Trinajstić information content (AvgIpc) is 3.55. The first-order chi connectivity index (χ1) is 14.4. The van der Waals surface area contributed by atoms with Crippen molar-refractivity contribution in [1.82, 2.24) is 4.90 Å². The molecule has 0 N–H and O–H groups in total. The number of carbonyl (C=O) groups excluding carboxylic acids is 1. The van der Waals surface area contributed by atoms with E-state index in [0.29, 0.717) is 13.0 Å². The molecule has 5 nitrogen and oxygen atoms in total. The van der Waals surface area contributed by atoms with Crippen molar-refractivity contribution < 1.29 is 21.8 Å². The van der Waals surface area contributed by atoms with Crippen LogP contribution in [0.5, 0.6) is 5.75 Å². The third kappa shape index (κ3) is 6.29. The highest BCUT2D eigenvalue weighted by molar-refractivity contribution is 7.87. The zero-order valence-corrected chi connectivity index (χ0v) is 18.0. The highest BCUT2D eigenvalue weighted by Crippen LogP contribution is 2.30. The van der Waals surface area contributed by atoms with Gasteiger partial charge in [0.15, 0.2) is 0 Å². The van der Waals surface area contributed by atoms with E-state index in [2.05, 4.69) is 6.92 Å². The fourth-order valence-electron chi connectivity index (χ4n) is 3.32. The SMILES string of the molecule is CCCCCCC(=O)N(Cc1cccc(OS(=O)(=O)c2ccc(F)cc2)c1)C1CC1. The van der Waals surface area contributed by atoms with Gasteiger partial charge in [0.1, 0.15) is 16.5 Å². The lowest BCUT2D eigenvalue weighted by atomic mass is 10.1. The molecule has 0 unspecified atom stereocenters. The van der Waals surface area contributed by atoms with Gasteiger partial charge >= 0.3 is 10.1 Å². The molecule has 0 atom stereocenters. The predicted octanol–water partition coefficient (Wildman–Crippen LogP) is 5.05. The summed E-state index contributed by atoms with van der Waals surface area (Å²) in [6.07, 6.45) is 6.80. The molecule has 1 fully saturated rings. The molecule has 1 saturated carbocycles. The molecular formula is C23H28FNO4S. The molecule has 1 aliphatic rings. The van der Waals surface area contributed by atoms with Crippen LogP contribution >= 0.6 is 0 Å². The van der Waals surface area contributed by atoms with E-state index in [1.54, 1.807) is 18.2 Å². The molecule has 0 heterocycles. The van der Waals surface area contributed by atoms with E-state index in [9.17, 15) is 17.6 Å². The fraction of sp³-hybridized carbons (Fsp3) is 0.435. The number of benzene rings is 2. The highest BCUT2D eigenvalue weighted by Gasteiger charge is 2.32. The molecule has 2 aromatic carbocycles. The average molecular weight is 434 g/mol. The van der Waals surface area contributed by atoms with Crippen LogP contribution in [0.1, 0.15) is 57.4 Å². The molecule has 0 aromatic heterocycles. The Morgan fingerprint density at radius 1 is 1.10 bits per heavy atom. The fourth-order valence-corrected chi connectivity index (χ4v) is 4.24. The predicted molar refractivity (Wildman–Crippen MR) is 113 cm³/mol. The van der Waals surface area contributed by atoms with Crippen molar-refractivity contribution in [3.8, 4) is 5.75 Å². The molecule has 0 saturated heterocycles. The molecule has 30 heavy (non-hydrogen) atoms. The van der Waals surface area contributed by atoms with E-state index in [1.165, 1.54) is 12.1 Å². The molecule has 1 amide bonds. The lowest BCUT2D eigenvalue weighted by Crippen LogP contribution is -2.32. The molecule has 0 bridgehead atoms. The van der Waals surface area contributed by atoms with Crippen LogP contribution in [0, 0.1) is 5.82 Å². The number of hydrogen-bond acceptors (Lipinski definition) is 4. The minimum Gasteiger partial charge on any atom is -0.379 e. The van der Waals surface area contributed by atoms with E-state index >= 15 is 0 Å². The number of amides is 1. The Hall–Kier alpha value is -2.41.